The molecule has 0 amide bonds. The highest BCUT2D eigenvalue weighted by atomic mass is 16.5. The van der Waals surface area contributed by atoms with Crippen molar-refractivity contribution < 1.29 is 9.47 Å². The van der Waals surface area contributed by atoms with Crippen LogP contribution in [-0.2, 0) is 6.42 Å². The second-order valence-corrected chi connectivity index (χ2v) is 2.54. The molecule has 0 aliphatic heterocycles. The Morgan fingerprint density at radius 1 is 1.31 bits per heavy atom. The van der Waals surface area contributed by atoms with Gasteiger partial charge >= 0.3 is 0 Å². The summed E-state index contributed by atoms with van der Waals surface area (Å²) >= 11 is 0. The Balaban J connectivity index is 2.95. The average molecular weight is 182 g/mol. The lowest BCUT2D eigenvalue weighted by atomic mass is 10.2. The van der Waals surface area contributed by atoms with Crippen molar-refractivity contribution in [3.8, 4) is 11.6 Å². The third-order valence-corrected chi connectivity index (χ3v) is 1.72. The van der Waals surface area contributed by atoms with E-state index in [0.29, 0.717) is 18.8 Å². The predicted molar refractivity (Wildman–Crippen MR) is 50.1 cm³/mol. The van der Waals surface area contributed by atoms with Gasteiger partial charge in [0.05, 0.1) is 19.9 Å². The van der Waals surface area contributed by atoms with E-state index >= 15 is 0 Å². The third kappa shape index (κ3) is 2.32. The van der Waals surface area contributed by atoms with Crippen molar-refractivity contribution >= 4 is 0 Å². The van der Waals surface area contributed by atoms with Gasteiger partial charge in [-0.15, -0.1) is 0 Å². The molecule has 4 nitrogen and oxygen atoms in total. The van der Waals surface area contributed by atoms with Gasteiger partial charge in [0.15, 0.2) is 0 Å². The van der Waals surface area contributed by atoms with Crippen LogP contribution in [0.3, 0.4) is 0 Å². The molecule has 0 radical (unpaired) electrons. The summed E-state index contributed by atoms with van der Waals surface area (Å²) in [7, 11) is 3.20. The minimum absolute atomic E-state index is 0.552. The molecular formula is C9H14N2O2. The van der Waals surface area contributed by atoms with Crippen LogP contribution in [0.5, 0.6) is 11.6 Å². The third-order valence-electron chi connectivity index (χ3n) is 1.72. The van der Waals surface area contributed by atoms with Gasteiger partial charge in [-0.2, -0.15) is 0 Å². The van der Waals surface area contributed by atoms with Crippen molar-refractivity contribution in [3.63, 3.8) is 0 Å². The normalized spacial score (nSPS) is 9.77. The van der Waals surface area contributed by atoms with Crippen LogP contribution in [0.4, 0.5) is 0 Å². The Kier molecular flexibility index (Phi) is 3.52. The molecule has 0 unspecified atom stereocenters. The van der Waals surface area contributed by atoms with Gasteiger partial charge < -0.3 is 15.2 Å². The van der Waals surface area contributed by atoms with Crippen LogP contribution in [0.15, 0.2) is 12.1 Å². The maximum atomic E-state index is 5.44. The smallest absolute Gasteiger partial charge is 0.213 e. The maximum Gasteiger partial charge on any atom is 0.213 e. The quantitative estimate of drug-likeness (QED) is 0.740. The number of aromatic nitrogens is 1. The lowest BCUT2D eigenvalue weighted by molar-refractivity contribution is 0.382. The SMILES string of the molecule is COc1ccc(OC)c(CCN)n1. The number of hydrogen-bond acceptors (Lipinski definition) is 4. The number of hydrogen-bond donors (Lipinski definition) is 1. The van der Waals surface area contributed by atoms with Crippen molar-refractivity contribution in [3.05, 3.63) is 17.8 Å². The van der Waals surface area contributed by atoms with E-state index in [9.17, 15) is 0 Å². The van der Waals surface area contributed by atoms with E-state index in [2.05, 4.69) is 4.98 Å². The molecule has 0 aliphatic rings. The molecule has 13 heavy (non-hydrogen) atoms. The average Bonchev–Trinajstić information content (AvgIpc) is 2.18. The zero-order valence-electron chi connectivity index (χ0n) is 7.91. The summed E-state index contributed by atoms with van der Waals surface area (Å²) in [6.45, 7) is 0.552. The van der Waals surface area contributed by atoms with Crippen LogP contribution in [0.25, 0.3) is 0 Å². The molecule has 0 aromatic carbocycles. The summed E-state index contributed by atoms with van der Waals surface area (Å²) in [6, 6.07) is 3.59. The van der Waals surface area contributed by atoms with E-state index in [1.807, 2.05) is 6.07 Å². The summed E-state index contributed by atoms with van der Waals surface area (Å²) in [5.41, 5.74) is 6.28. The summed E-state index contributed by atoms with van der Waals surface area (Å²) in [5.74, 6) is 1.34. The molecule has 2 N–H and O–H groups in total. The molecule has 0 saturated carbocycles. The van der Waals surface area contributed by atoms with Crippen LogP contribution in [0.2, 0.25) is 0 Å². The monoisotopic (exact) mass is 182 g/mol. The van der Waals surface area contributed by atoms with E-state index in [1.165, 1.54) is 0 Å². The number of methoxy groups -OCH3 is 2. The Morgan fingerprint density at radius 3 is 2.62 bits per heavy atom. The van der Waals surface area contributed by atoms with Crippen LogP contribution in [0.1, 0.15) is 5.69 Å². The largest absolute Gasteiger partial charge is 0.495 e. The van der Waals surface area contributed by atoms with Gasteiger partial charge in [-0.3, -0.25) is 0 Å². The maximum absolute atomic E-state index is 5.44. The van der Waals surface area contributed by atoms with E-state index in [4.69, 9.17) is 15.2 Å². The zero-order valence-corrected chi connectivity index (χ0v) is 7.91. The highest BCUT2D eigenvalue weighted by Crippen LogP contribution is 2.19. The number of rotatable bonds is 4. The molecule has 0 spiro atoms. The standard InChI is InChI=1S/C9H14N2O2/c1-12-8-3-4-9(13-2)11-7(8)5-6-10/h3-4H,5-6,10H2,1-2H3. The predicted octanol–water partition coefficient (Wildman–Crippen LogP) is 0.600. The van der Waals surface area contributed by atoms with E-state index < -0.39 is 0 Å². The fourth-order valence-electron chi connectivity index (χ4n) is 1.08. The van der Waals surface area contributed by atoms with E-state index in [1.54, 1.807) is 20.3 Å². The van der Waals surface area contributed by atoms with Gasteiger partial charge in [0.2, 0.25) is 5.88 Å². The topological polar surface area (TPSA) is 57.4 Å². The first-order valence-electron chi connectivity index (χ1n) is 4.09. The molecule has 0 saturated heterocycles. The molecule has 0 atom stereocenters. The highest BCUT2D eigenvalue weighted by Gasteiger charge is 2.04. The van der Waals surface area contributed by atoms with Crippen LogP contribution in [0, 0.1) is 0 Å². The lowest BCUT2D eigenvalue weighted by Crippen LogP contribution is -2.06. The first-order chi connectivity index (χ1) is 6.31. The first kappa shape index (κ1) is 9.80. The van der Waals surface area contributed by atoms with Gasteiger partial charge in [0, 0.05) is 12.5 Å². The van der Waals surface area contributed by atoms with Crippen LogP contribution in [-0.4, -0.2) is 25.7 Å². The van der Waals surface area contributed by atoms with Gasteiger partial charge in [-0.1, -0.05) is 0 Å². The fraction of sp³-hybridized carbons (Fsp3) is 0.444. The minimum atomic E-state index is 0.552. The molecule has 1 rings (SSSR count). The number of pyridine rings is 1. The number of ether oxygens (including phenoxy) is 2. The molecule has 1 aromatic heterocycles. The Morgan fingerprint density at radius 2 is 2.08 bits per heavy atom. The summed E-state index contributed by atoms with van der Waals surface area (Å²) in [5, 5.41) is 0. The van der Waals surface area contributed by atoms with Crippen molar-refractivity contribution in [2.75, 3.05) is 20.8 Å². The van der Waals surface area contributed by atoms with Crippen LogP contribution >= 0.6 is 0 Å². The Labute approximate surface area is 77.7 Å². The number of nitrogens with zero attached hydrogens (tertiary/aromatic N) is 1. The second kappa shape index (κ2) is 4.67. The molecule has 0 bridgehead atoms. The van der Waals surface area contributed by atoms with Gasteiger partial charge in [-0.25, -0.2) is 4.98 Å². The Bertz CT molecular complexity index is 276. The van der Waals surface area contributed by atoms with Gasteiger partial charge in [0.1, 0.15) is 5.75 Å². The van der Waals surface area contributed by atoms with Crippen molar-refractivity contribution in [1.82, 2.24) is 4.98 Å². The first-order valence-corrected chi connectivity index (χ1v) is 4.09. The molecular weight excluding hydrogens is 168 g/mol. The summed E-state index contributed by atoms with van der Waals surface area (Å²) in [4.78, 5) is 4.22. The van der Waals surface area contributed by atoms with E-state index in [-0.39, 0.29) is 0 Å². The molecule has 0 fully saturated rings. The van der Waals surface area contributed by atoms with E-state index in [0.717, 1.165) is 11.4 Å². The zero-order chi connectivity index (χ0) is 9.68. The molecule has 1 aromatic rings. The highest BCUT2D eigenvalue weighted by molar-refractivity contribution is 5.31. The van der Waals surface area contributed by atoms with Gasteiger partial charge in [0.25, 0.3) is 0 Å². The molecule has 0 aliphatic carbocycles. The van der Waals surface area contributed by atoms with Gasteiger partial charge in [-0.05, 0) is 12.6 Å². The summed E-state index contributed by atoms with van der Waals surface area (Å²) in [6.07, 6.45) is 0.695. The number of nitrogens with two attached hydrogens (primary N) is 1. The van der Waals surface area contributed by atoms with Crippen molar-refractivity contribution in [1.29, 1.82) is 0 Å². The second-order valence-electron chi connectivity index (χ2n) is 2.54. The molecule has 4 heteroatoms. The van der Waals surface area contributed by atoms with Crippen molar-refractivity contribution in [2.24, 2.45) is 5.73 Å². The Hall–Kier alpha value is -1.29. The molecule has 1 heterocycles. The fourth-order valence-corrected chi connectivity index (χ4v) is 1.08. The van der Waals surface area contributed by atoms with Crippen LogP contribution < -0.4 is 15.2 Å². The van der Waals surface area contributed by atoms with Crippen molar-refractivity contribution in [2.45, 2.75) is 6.42 Å². The molecule has 72 valence electrons. The summed E-state index contributed by atoms with van der Waals surface area (Å²) < 4.78 is 10.1. The minimum Gasteiger partial charge on any atom is -0.495 e. The lowest BCUT2D eigenvalue weighted by Gasteiger charge is -2.07.